The Hall–Kier alpha value is -1.80. The van der Waals surface area contributed by atoms with Crippen LogP contribution in [0, 0.1) is 13.8 Å². The minimum Gasteiger partial charge on any atom is -0.493 e. The first kappa shape index (κ1) is 15.6. The lowest BCUT2D eigenvalue weighted by atomic mass is 9.82. The van der Waals surface area contributed by atoms with Crippen LogP contribution in [0.3, 0.4) is 0 Å². The molecule has 0 aliphatic carbocycles. The SMILES string of the molecule is CCCOc1ccccc1C(C)(N)c1cc(C)ccc1C. The smallest absolute Gasteiger partial charge is 0.124 e. The maximum atomic E-state index is 6.72. The van der Waals surface area contributed by atoms with E-state index < -0.39 is 5.54 Å². The predicted octanol–water partition coefficient (Wildman–Crippen LogP) is 4.31. The number of benzene rings is 2. The number of ether oxygens (including phenoxy) is 1. The number of hydrogen-bond donors (Lipinski definition) is 1. The summed E-state index contributed by atoms with van der Waals surface area (Å²) in [7, 11) is 0. The molecule has 2 aromatic carbocycles. The minimum absolute atomic E-state index is 0.569. The van der Waals surface area contributed by atoms with E-state index in [2.05, 4.69) is 52.0 Å². The Balaban J connectivity index is 2.50. The van der Waals surface area contributed by atoms with Gasteiger partial charge in [-0.3, -0.25) is 0 Å². The van der Waals surface area contributed by atoms with Gasteiger partial charge >= 0.3 is 0 Å². The van der Waals surface area contributed by atoms with E-state index in [1.807, 2.05) is 18.2 Å². The molecule has 2 heteroatoms. The summed E-state index contributed by atoms with van der Waals surface area (Å²) in [6.07, 6.45) is 0.985. The lowest BCUT2D eigenvalue weighted by Gasteiger charge is -2.30. The zero-order valence-electron chi connectivity index (χ0n) is 13.4. The lowest BCUT2D eigenvalue weighted by Crippen LogP contribution is -2.35. The van der Waals surface area contributed by atoms with Crippen LogP contribution in [0.1, 0.15) is 42.5 Å². The van der Waals surface area contributed by atoms with Gasteiger partial charge in [0.15, 0.2) is 0 Å². The maximum absolute atomic E-state index is 6.72. The van der Waals surface area contributed by atoms with Gasteiger partial charge in [0, 0.05) is 5.56 Å². The molecule has 1 atom stereocenters. The van der Waals surface area contributed by atoms with Crippen molar-refractivity contribution in [2.75, 3.05) is 6.61 Å². The highest BCUT2D eigenvalue weighted by Crippen LogP contribution is 2.35. The van der Waals surface area contributed by atoms with Crippen LogP contribution in [0.4, 0.5) is 0 Å². The second-order valence-electron chi connectivity index (χ2n) is 5.87. The molecule has 2 rings (SSSR count). The van der Waals surface area contributed by atoms with Gasteiger partial charge in [-0.2, -0.15) is 0 Å². The Morgan fingerprint density at radius 3 is 2.48 bits per heavy atom. The first-order chi connectivity index (χ1) is 9.96. The molecule has 0 amide bonds. The topological polar surface area (TPSA) is 35.2 Å². The van der Waals surface area contributed by atoms with Crippen molar-refractivity contribution < 1.29 is 4.74 Å². The summed E-state index contributed by atoms with van der Waals surface area (Å²) in [4.78, 5) is 0. The van der Waals surface area contributed by atoms with E-state index in [4.69, 9.17) is 10.5 Å². The van der Waals surface area contributed by atoms with Crippen LogP contribution >= 0.6 is 0 Å². The molecule has 2 aromatic rings. The van der Waals surface area contributed by atoms with Crippen LogP contribution in [0.5, 0.6) is 5.75 Å². The molecule has 0 aliphatic rings. The summed E-state index contributed by atoms with van der Waals surface area (Å²) >= 11 is 0. The van der Waals surface area contributed by atoms with Crippen LogP contribution in [0.25, 0.3) is 0 Å². The van der Waals surface area contributed by atoms with E-state index in [1.54, 1.807) is 0 Å². The number of aryl methyl sites for hydroxylation is 2. The number of nitrogens with two attached hydrogens (primary N) is 1. The van der Waals surface area contributed by atoms with Gasteiger partial charge in [-0.05, 0) is 44.4 Å². The van der Waals surface area contributed by atoms with Crippen LogP contribution in [0.15, 0.2) is 42.5 Å². The van der Waals surface area contributed by atoms with E-state index in [-0.39, 0.29) is 0 Å². The zero-order chi connectivity index (χ0) is 15.5. The highest BCUT2D eigenvalue weighted by atomic mass is 16.5. The van der Waals surface area contributed by atoms with Gasteiger partial charge < -0.3 is 10.5 Å². The van der Waals surface area contributed by atoms with Gasteiger partial charge in [0.25, 0.3) is 0 Å². The molecule has 0 spiro atoms. The molecule has 1 unspecified atom stereocenters. The predicted molar refractivity (Wildman–Crippen MR) is 88.8 cm³/mol. The fourth-order valence-corrected chi connectivity index (χ4v) is 2.67. The summed E-state index contributed by atoms with van der Waals surface area (Å²) in [5.74, 6) is 0.880. The standard InChI is InChI=1S/C19H25NO/c1-5-12-21-18-9-7-6-8-16(18)19(4,20)17-13-14(2)10-11-15(17)3/h6-11,13H,5,12,20H2,1-4H3. The van der Waals surface area contributed by atoms with E-state index in [0.29, 0.717) is 6.61 Å². The van der Waals surface area contributed by atoms with Crippen molar-refractivity contribution >= 4 is 0 Å². The molecule has 0 aliphatic heterocycles. The molecular formula is C19H25NO. The largest absolute Gasteiger partial charge is 0.493 e. The molecule has 21 heavy (non-hydrogen) atoms. The Morgan fingerprint density at radius 2 is 1.76 bits per heavy atom. The molecule has 0 aromatic heterocycles. The van der Waals surface area contributed by atoms with Crippen molar-refractivity contribution in [3.05, 3.63) is 64.7 Å². The van der Waals surface area contributed by atoms with Gasteiger partial charge in [0.2, 0.25) is 0 Å². The maximum Gasteiger partial charge on any atom is 0.124 e. The van der Waals surface area contributed by atoms with E-state index in [9.17, 15) is 0 Å². The van der Waals surface area contributed by atoms with Crippen molar-refractivity contribution in [3.63, 3.8) is 0 Å². The van der Waals surface area contributed by atoms with Gasteiger partial charge in [-0.1, -0.05) is 48.9 Å². The van der Waals surface area contributed by atoms with Crippen molar-refractivity contribution in [1.29, 1.82) is 0 Å². The Labute approximate surface area is 127 Å². The first-order valence-corrected chi connectivity index (χ1v) is 7.55. The van der Waals surface area contributed by atoms with Crippen molar-refractivity contribution in [1.82, 2.24) is 0 Å². The molecule has 112 valence electrons. The fraction of sp³-hybridized carbons (Fsp3) is 0.368. The summed E-state index contributed by atoms with van der Waals surface area (Å²) in [6, 6.07) is 14.5. The van der Waals surface area contributed by atoms with Crippen molar-refractivity contribution in [2.45, 2.75) is 39.7 Å². The summed E-state index contributed by atoms with van der Waals surface area (Å²) in [6.45, 7) is 9.08. The highest BCUT2D eigenvalue weighted by molar-refractivity contribution is 5.48. The third kappa shape index (κ3) is 3.27. The second-order valence-corrected chi connectivity index (χ2v) is 5.87. The van der Waals surface area contributed by atoms with Crippen LogP contribution < -0.4 is 10.5 Å². The molecule has 0 fully saturated rings. The lowest BCUT2D eigenvalue weighted by molar-refractivity contribution is 0.309. The highest BCUT2D eigenvalue weighted by Gasteiger charge is 2.28. The Kier molecular flexibility index (Phi) is 4.69. The van der Waals surface area contributed by atoms with E-state index >= 15 is 0 Å². The van der Waals surface area contributed by atoms with Crippen molar-refractivity contribution in [3.8, 4) is 5.75 Å². The number of rotatable bonds is 5. The van der Waals surface area contributed by atoms with Gasteiger partial charge in [0.1, 0.15) is 5.75 Å². The molecule has 0 saturated heterocycles. The third-order valence-electron chi connectivity index (χ3n) is 3.86. The quantitative estimate of drug-likeness (QED) is 0.887. The average molecular weight is 283 g/mol. The van der Waals surface area contributed by atoms with Gasteiger partial charge in [-0.25, -0.2) is 0 Å². The van der Waals surface area contributed by atoms with Crippen LogP contribution in [-0.4, -0.2) is 6.61 Å². The van der Waals surface area contributed by atoms with Gasteiger partial charge in [0.05, 0.1) is 12.1 Å². The first-order valence-electron chi connectivity index (χ1n) is 7.55. The van der Waals surface area contributed by atoms with Crippen molar-refractivity contribution in [2.24, 2.45) is 5.73 Å². The molecule has 0 radical (unpaired) electrons. The fourth-order valence-electron chi connectivity index (χ4n) is 2.67. The number of hydrogen-bond acceptors (Lipinski definition) is 2. The zero-order valence-corrected chi connectivity index (χ0v) is 13.4. The second kappa shape index (κ2) is 6.31. The Bertz CT molecular complexity index is 617. The van der Waals surface area contributed by atoms with Gasteiger partial charge in [-0.15, -0.1) is 0 Å². The summed E-state index contributed by atoms with van der Waals surface area (Å²) in [5.41, 5.74) is 10.8. The summed E-state index contributed by atoms with van der Waals surface area (Å²) in [5, 5.41) is 0. The normalized spacial score (nSPS) is 13.8. The Morgan fingerprint density at radius 1 is 1.05 bits per heavy atom. The molecule has 0 heterocycles. The average Bonchev–Trinajstić information content (AvgIpc) is 2.47. The van der Waals surface area contributed by atoms with E-state index in [0.717, 1.165) is 23.3 Å². The van der Waals surface area contributed by atoms with Crippen LogP contribution in [0.2, 0.25) is 0 Å². The third-order valence-corrected chi connectivity index (χ3v) is 3.86. The minimum atomic E-state index is -0.569. The van der Waals surface area contributed by atoms with Crippen LogP contribution in [-0.2, 0) is 5.54 Å². The number of para-hydroxylation sites is 1. The molecule has 2 nitrogen and oxygen atoms in total. The van der Waals surface area contributed by atoms with E-state index in [1.165, 1.54) is 11.1 Å². The summed E-state index contributed by atoms with van der Waals surface area (Å²) < 4.78 is 5.88. The molecule has 2 N–H and O–H groups in total. The molecular weight excluding hydrogens is 258 g/mol. The monoisotopic (exact) mass is 283 g/mol. The molecule has 0 saturated carbocycles. The molecule has 0 bridgehead atoms.